The van der Waals surface area contributed by atoms with Gasteiger partial charge in [0.25, 0.3) is 0 Å². The molecule has 0 bridgehead atoms. The number of piperidine rings is 1. The molecule has 4 nitrogen and oxygen atoms in total. The minimum Gasteiger partial charge on any atom is -0.343 e. The van der Waals surface area contributed by atoms with Gasteiger partial charge in [0.05, 0.1) is 10.7 Å². The van der Waals surface area contributed by atoms with Crippen LogP contribution in [0.2, 0.25) is 10.0 Å². The Morgan fingerprint density at radius 2 is 1.86 bits per heavy atom. The van der Waals surface area contributed by atoms with Crippen LogP contribution in [0.15, 0.2) is 18.2 Å². The van der Waals surface area contributed by atoms with E-state index >= 15 is 0 Å². The SMILES string of the molecule is CC(=O)N(CCC(=O)N1CCCCC1)c1cc(Cl)ccc1Cl. The van der Waals surface area contributed by atoms with Gasteiger partial charge in [-0.3, -0.25) is 9.59 Å². The Kier molecular flexibility index (Phi) is 6.09. The molecule has 1 heterocycles. The lowest BCUT2D eigenvalue weighted by molar-refractivity contribution is -0.131. The summed E-state index contributed by atoms with van der Waals surface area (Å²) < 4.78 is 0. The van der Waals surface area contributed by atoms with Crippen molar-refractivity contribution >= 4 is 40.7 Å². The van der Waals surface area contributed by atoms with E-state index in [4.69, 9.17) is 23.2 Å². The molecule has 120 valence electrons. The Morgan fingerprint density at radius 1 is 1.18 bits per heavy atom. The van der Waals surface area contributed by atoms with Crippen molar-refractivity contribution in [3.63, 3.8) is 0 Å². The molecule has 0 unspecified atom stereocenters. The molecule has 0 aliphatic carbocycles. The molecule has 1 aromatic carbocycles. The summed E-state index contributed by atoms with van der Waals surface area (Å²) in [4.78, 5) is 27.5. The first-order chi connectivity index (χ1) is 10.5. The number of nitrogens with zero attached hydrogens (tertiary/aromatic N) is 2. The van der Waals surface area contributed by atoms with Crippen LogP contribution in [0.1, 0.15) is 32.6 Å². The lowest BCUT2D eigenvalue weighted by atomic mass is 10.1. The fraction of sp³-hybridized carbons (Fsp3) is 0.500. The Bertz CT molecular complexity index is 557. The van der Waals surface area contributed by atoms with Crippen LogP contribution >= 0.6 is 23.2 Å². The molecule has 1 fully saturated rings. The fourth-order valence-corrected chi connectivity index (χ4v) is 3.03. The highest BCUT2D eigenvalue weighted by atomic mass is 35.5. The molecule has 1 aromatic rings. The van der Waals surface area contributed by atoms with Crippen LogP contribution in [-0.4, -0.2) is 36.3 Å². The van der Waals surface area contributed by atoms with Crippen LogP contribution in [0.25, 0.3) is 0 Å². The predicted octanol–water partition coefficient (Wildman–Crippen LogP) is 3.75. The molecule has 0 radical (unpaired) electrons. The van der Waals surface area contributed by atoms with Gasteiger partial charge in [0.2, 0.25) is 11.8 Å². The number of hydrogen-bond donors (Lipinski definition) is 0. The number of likely N-dealkylation sites (tertiary alicyclic amines) is 1. The highest BCUT2D eigenvalue weighted by molar-refractivity contribution is 6.35. The normalized spacial score (nSPS) is 14.8. The monoisotopic (exact) mass is 342 g/mol. The summed E-state index contributed by atoms with van der Waals surface area (Å²) in [6, 6.07) is 4.98. The average Bonchev–Trinajstić information content (AvgIpc) is 2.51. The van der Waals surface area contributed by atoms with Crippen LogP contribution in [-0.2, 0) is 9.59 Å². The van der Waals surface area contributed by atoms with Gasteiger partial charge in [-0.15, -0.1) is 0 Å². The smallest absolute Gasteiger partial charge is 0.224 e. The molecule has 2 rings (SSSR count). The van der Waals surface area contributed by atoms with Crippen molar-refractivity contribution in [3.8, 4) is 0 Å². The van der Waals surface area contributed by atoms with E-state index in [2.05, 4.69) is 0 Å². The van der Waals surface area contributed by atoms with Gasteiger partial charge >= 0.3 is 0 Å². The molecule has 1 aliphatic rings. The van der Waals surface area contributed by atoms with Gasteiger partial charge in [0.15, 0.2) is 0 Å². The molecule has 1 aliphatic heterocycles. The lowest BCUT2D eigenvalue weighted by Crippen LogP contribution is -2.39. The number of hydrogen-bond acceptors (Lipinski definition) is 2. The number of carbonyl (C=O) groups is 2. The molecule has 0 atom stereocenters. The maximum absolute atomic E-state index is 12.2. The van der Waals surface area contributed by atoms with E-state index in [1.165, 1.54) is 18.2 Å². The number of rotatable bonds is 4. The molecule has 0 N–H and O–H groups in total. The molecule has 2 amide bonds. The standard InChI is InChI=1S/C16H20Cl2N2O2/c1-12(21)20(15-11-13(17)5-6-14(15)18)10-7-16(22)19-8-3-2-4-9-19/h5-6,11H,2-4,7-10H2,1H3. The second kappa shape index (κ2) is 7.84. The van der Waals surface area contributed by atoms with Gasteiger partial charge in [-0.25, -0.2) is 0 Å². The van der Waals surface area contributed by atoms with Gasteiger partial charge < -0.3 is 9.80 Å². The number of benzene rings is 1. The van der Waals surface area contributed by atoms with Crippen LogP contribution in [0.3, 0.4) is 0 Å². The van der Waals surface area contributed by atoms with E-state index < -0.39 is 0 Å². The van der Waals surface area contributed by atoms with E-state index in [1.54, 1.807) is 18.2 Å². The van der Waals surface area contributed by atoms with E-state index in [1.807, 2.05) is 4.90 Å². The number of anilines is 1. The van der Waals surface area contributed by atoms with E-state index in [9.17, 15) is 9.59 Å². The van der Waals surface area contributed by atoms with Crippen LogP contribution in [0, 0.1) is 0 Å². The molecule has 0 aromatic heterocycles. The third-order valence-corrected chi connectivity index (χ3v) is 4.39. The summed E-state index contributed by atoms with van der Waals surface area (Å²) >= 11 is 12.1. The Morgan fingerprint density at radius 3 is 2.50 bits per heavy atom. The molecule has 0 saturated carbocycles. The van der Waals surface area contributed by atoms with Gasteiger partial charge in [0, 0.05) is 38.0 Å². The van der Waals surface area contributed by atoms with Gasteiger partial charge in [-0.05, 0) is 37.5 Å². The quantitative estimate of drug-likeness (QED) is 0.835. The van der Waals surface area contributed by atoms with Crippen LogP contribution < -0.4 is 4.90 Å². The molecule has 0 spiro atoms. The maximum Gasteiger partial charge on any atom is 0.224 e. The minimum atomic E-state index is -0.157. The molecule has 1 saturated heterocycles. The lowest BCUT2D eigenvalue weighted by Gasteiger charge is -2.28. The minimum absolute atomic E-state index is 0.0871. The highest BCUT2D eigenvalue weighted by Crippen LogP contribution is 2.29. The molecular weight excluding hydrogens is 323 g/mol. The summed E-state index contributed by atoms with van der Waals surface area (Å²) in [5.41, 5.74) is 0.549. The zero-order valence-electron chi connectivity index (χ0n) is 12.6. The summed E-state index contributed by atoms with van der Waals surface area (Å²) in [6.45, 7) is 3.40. The Balaban J connectivity index is 2.04. The van der Waals surface area contributed by atoms with Gasteiger partial charge in [-0.2, -0.15) is 0 Å². The van der Waals surface area contributed by atoms with Crippen molar-refractivity contribution in [1.82, 2.24) is 4.90 Å². The summed E-state index contributed by atoms with van der Waals surface area (Å²) in [5.74, 6) is -0.0697. The van der Waals surface area contributed by atoms with Crippen LogP contribution in [0.4, 0.5) is 5.69 Å². The number of carbonyl (C=O) groups excluding carboxylic acids is 2. The predicted molar refractivity (Wildman–Crippen MR) is 89.5 cm³/mol. The topological polar surface area (TPSA) is 40.6 Å². The van der Waals surface area contributed by atoms with Crippen molar-refractivity contribution in [2.75, 3.05) is 24.5 Å². The van der Waals surface area contributed by atoms with E-state index in [0.717, 1.165) is 25.9 Å². The fourth-order valence-electron chi connectivity index (χ4n) is 2.65. The van der Waals surface area contributed by atoms with E-state index in [-0.39, 0.29) is 11.8 Å². The molecular formula is C16H20Cl2N2O2. The summed E-state index contributed by atoms with van der Waals surface area (Å²) in [5, 5.41) is 0.957. The molecule has 22 heavy (non-hydrogen) atoms. The highest BCUT2D eigenvalue weighted by Gasteiger charge is 2.20. The zero-order valence-corrected chi connectivity index (χ0v) is 14.2. The third kappa shape index (κ3) is 4.37. The second-order valence-corrected chi connectivity index (χ2v) is 6.30. The van der Waals surface area contributed by atoms with Crippen molar-refractivity contribution in [2.24, 2.45) is 0 Å². The largest absolute Gasteiger partial charge is 0.343 e. The number of amides is 2. The van der Waals surface area contributed by atoms with E-state index in [0.29, 0.717) is 28.7 Å². The van der Waals surface area contributed by atoms with Crippen LogP contribution in [0.5, 0.6) is 0 Å². The first kappa shape index (κ1) is 17.1. The van der Waals surface area contributed by atoms with Crippen molar-refractivity contribution in [3.05, 3.63) is 28.2 Å². The second-order valence-electron chi connectivity index (χ2n) is 5.46. The zero-order chi connectivity index (χ0) is 16.1. The van der Waals surface area contributed by atoms with Crippen molar-refractivity contribution in [1.29, 1.82) is 0 Å². The van der Waals surface area contributed by atoms with Gasteiger partial charge in [0.1, 0.15) is 0 Å². The molecule has 6 heteroatoms. The van der Waals surface area contributed by atoms with Crippen molar-refractivity contribution in [2.45, 2.75) is 32.6 Å². The summed E-state index contributed by atoms with van der Waals surface area (Å²) in [7, 11) is 0. The van der Waals surface area contributed by atoms with Gasteiger partial charge in [-0.1, -0.05) is 23.2 Å². The third-order valence-electron chi connectivity index (χ3n) is 3.84. The maximum atomic E-state index is 12.2. The summed E-state index contributed by atoms with van der Waals surface area (Å²) in [6.07, 6.45) is 3.59. The number of halogens is 2. The first-order valence-electron chi connectivity index (χ1n) is 7.50. The van der Waals surface area contributed by atoms with Crippen molar-refractivity contribution < 1.29 is 9.59 Å². The average molecular weight is 343 g/mol. The Hall–Kier alpha value is -1.26. The first-order valence-corrected chi connectivity index (χ1v) is 8.25. The Labute approximate surface area is 141 Å².